The average Bonchev–Trinajstić information content (AvgIpc) is 2.47. The number of aliphatic hydroxyl groups is 1. The Hall–Kier alpha value is -1.66. The predicted octanol–water partition coefficient (Wildman–Crippen LogP) is 2.23. The summed E-state index contributed by atoms with van der Waals surface area (Å²) in [6.45, 7) is 4.42. The minimum absolute atomic E-state index is 0.119. The summed E-state index contributed by atoms with van der Waals surface area (Å²) in [5, 5.41) is 23.5. The van der Waals surface area contributed by atoms with Gasteiger partial charge in [0.05, 0.1) is 11.0 Å². The number of anilines is 1. The quantitative estimate of drug-likeness (QED) is 0.643. The van der Waals surface area contributed by atoms with Crippen molar-refractivity contribution in [2.75, 3.05) is 25.5 Å². The fraction of sp³-hybridized carbons (Fsp3) is 0.600. The summed E-state index contributed by atoms with van der Waals surface area (Å²) in [6.07, 6.45) is 1.71. The molecule has 2 N–H and O–H groups in total. The van der Waals surface area contributed by atoms with Gasteiger partial charge in [0.2, 0.25) is 0 Å². The molecule has 1 aromatic carbocycles. The van der Waals surface area contributed by atoms with Crippen LogP contribution < -0.4 is 5.32 Å². The fourth-order valence-corrected chi connectivity index (χ4v) is 2.89. The van der Waals surface area contributed by atoms with Crippen LogP contribution in [0.1, 0.15) is 25.3 Å². The Bertz CT molecular complexity index is 497. The topological polar surface area (TPSA) is 78.6 Å². The van der Waals surface area contributed by atoms with Crippen molar-refractivity contribution in [1.82, 2.24) is 4.90 Å². The minimum Gasteiger partial charge on any atom is -0.393 e. The first-order valence-corrected chi connectivity index (χ1v) is 7.36. The van der Waals surface area contributed by atoms with Gasteiger partial charge in [0.1, 0.15) is 5.69 Å². The summed E-state index contributed by atoms with van der Waals surface area (Å²) in [6, 6.07) is 5.34. The minimum atomic E-state index is -0.352. The SMILES string of the molecule is CNc1ccc(CN2CCC(C(C)O)CC2)cc1[N+](=O)[O-]. The second kappa shape index (κ2) is 6.87. The highest BCUT2D eigenvalue weighted by molar-refractivity contribution is 5.62. The first kappa shape index (κ1) is 15.7. The molecule has 1 saturated heterocycles. The molecule has 0 amide bonds. The molecule has 21 heavy (non-hydrogen) atoms. The van der Waals surface area contributed by atoms with Crippen LogP contribution in [0.5, 0.6) is 0 Å². The van der Waals surface area contributed by atoms with Crippen molar-refractivity contribution in [2.45, 2.75) is 32.4 Å². The maximum Gasteiger partial charge on any atom is 0.292 e. The smallest absolute Gasteiger partial charge is 0.292 e. The number of rotatable bonds is 5. The number of aliphatic hydroxyl groups excluding tert-OH is 1. The normalized spacial score (nSPS) is 18.4. The van der Waals surface area contributed by atoms with E-state index in [9.17, 15) is 15.2 Å². The highest BCUT2D eigenvalue weighted by Crippen LogP contribution is 2.27. The molecular weight excluding hydrogens is 270 g/mol. The summed E-state index contributed by atoms with van der Waals surface area (Å²) in [4.78, 5) is 13.0. The zero-order valence-corrected chi connectivity index (χ0v) is 12.6. The van der Waals surface area contributed by atoms with Crippen LogP contribution in [0.4, 0.5) is 11.4 Å². The van der Waals surface area contributed by atoms with Gasteiger partial charge in [0, 0.05) is 19.7 Å². The molecule has 0 spiro atoms. The van der Waals surface area contributed by atoms with Gasteiger partial charge in [0.15, 0.2) is 0 Å². The van der Waals surface area contributed by atoms with E-state index in [4.69, 9.17) is 0 Å². The zero-order chi connectivity index (χ0) is 15.4. The van der Waals surface area contributed by atoms with Crippen molar-refractivity contribution in [3.63, 3.8) is 0 Å². The number of nitro benzene ring substituents is 1. The molecule has 0 saturated carbocycles. The molecular formula is C15H23N3O3. The van der Waals surface area contributed by atoms with Gasteiger partial charge in [-0.05, 0) is 50.4 Å². The Morgan fingerprint density at radius 2 is 2.14 bits per heavy atom. The van der Waals surface area contributed by atoms with E-state index in [1.54, 1.807) is 19.2 Å². The number of nitro groups is 1. The molecule has 116 valence electrons. The van der Waals surface area contributed by atoms with Gasteiger partial charge in [-0.2, -0.15) is 0 Å². The standard InChI is InChI=1S/C15H23N3O3/c1-11(19)13-5-7-17(8-6-13)10-12-3-4-14(16-2)15(9-12)18(20)21/h3-4,9,11,13,16,19H,5-8,10H2,1-2H3. The van der Waals surface area contributed by atoms with E-state index >= 15 is 0 Å². The third-order valence-corrected chi connectivity index (χ3v) is 4.25. The van der Waals surface area contributed by atoms with Gasteiger partial charge in [-0.3, -0.25) is 15.0 Å². The molecule has 1 aliphatic rings. The molecule has 0 aliphatic carbocycles. The van der Waals surface area contributed by atoms with Crippen LogP contribution in [0, 0.1) is 16.0 Å². The lowest BCUT2D eigenvalue weighted by Crippen LogP contribution is -2.36. The van der Waals surface area contributed by atoms with E-state index in [2.05, 4.69) is 10.2 Å². The second-order valence-electron chi connectivity index (χ2n) is 5.71. The lowest BCUT2D eigenvalue weighted by atomic mass is 9.92. The number of hydrogen-bond donors (Lipinski definition) is 2. The predicted molar refractivity (Wildman–Crippen MR) is 82.3 cm³/mol. The summed E-state index contributed by atoms with van der Waals surface area (Å²) in [5.41, 5.74) is 1.61. The number of piperidine rings is 1. The molecule has 0 radical (unpaired) electrons. The molecule has 0 aromatic heterocycles. The van der Waals surface area contributed by atoms with Crippen molar-refractivity contribution in [3.8, 4) is 0 Å². The van der Waals surface area contributed by atoms with Crippen molar-refractivity contribution < 1.29 is 10.0 Å². The van der Waals surface area contributed by atoms with Crippen LogP contribution in [0.3, 0.4) is 0 Å². The Kier molecular flexibility index (Phi) is 5.14. The maximum absolute atomic E-state index is 11.1. The van der Waals surface area contributed by atoms with Crippen LogP contribution in [-0.2, 0) is 6.54 Å². The monoisotopic (exact) mass is 293 g/mol. The third kappa shape index (κ3) is 3.92. The van der Waals surface area contributed by atoms with Gasteiger partial charge in [-0.1, -0.05) is 6.07 Å². The number of hydrogen-bond acceptors (Lipinski definition) is 5. The Morgan fingerprint density at radius 3 is 2.67 bits per heavy atom. The molecule has 1 fully saturated rings. The van der Waals surface area contributed by atoms with Crippen molar-refractivity contribution in [1.29, 1.82) is 0 Å². The molecule has 1 aliphatic heterocycles. The number of nitrogens with zero attached hydrogens (tertiary/aromatic N) is 2. The summed E-state index contributed by atoms with van der Waals surface area (Å²) >= 11 is 0. The largest absolute Gasteiger partial charge is 0.393 e. The van der Waals surface area contributed by atoms with E-state index in [1.165, 1.54) is 0 Å². The molecule has 1 atom stereocenters. The number of likely N-dealkylation sites (tertiary alicyclic amines) is 1. The first-order chi connectivity index (χ1) is 10.0. The molecule has 6 heteroatoms. The number of benzene rings is 1. The summed E-state index contributed by atoms with van der Waals surface area (Å²) in [5.74, 6) is 0.377. The maximum atomic E-state index is 11.1. The van der Waals surface area contributed by atoms with Crippen LogP contribution in [0.2, 0.25) is 0 Å². The van der Waals surface area contributed by atoms with Gasteiger partial charge in [-0.25, -0.2) is 0 Å². The van der Waals surface area contributed by atoms with Crippen LogP contribution in [0.15, 0.2) is 18.2 Å². The zero-order valence-electron chi connectivity index (χ0n) is 12.6. The summed E-state index contributed by atoms with van der Waals surface area (Å²) in [7, 11) is 1.68. The van der Waals surface area contributed by atoms with Gasteiger partial charge in [-0.15, -0.1) is 0 Å². The van der Waals surface area contributed by atoms with E-state index in [-0.39, 0.29) is 16.7 Å². The Balaban J connectivity index is 2.01. The second-order valence-corrected chi connectivity index (χ2v) is 5.71. The van der Waals surface area contributed by atoms with Gasteiger partial charge >= 0.3 is 0 Å². The molecule has 1 aromatic rings. The first-order valence-electron chi connectivity index (χ1n) is 7.36. The molecule has 1 heterocycles. The highest BCUT2D eigenvalue weighted by Gasteiger charge is 2.23. The molecule has 1 unspecified atom stereocenters. The van der Waals surface area contributed by atoms with Crippen LogP contribution >= 0.6 is 0 Å². The lowest BCUT2D eigenvalue weighted by molar-refractivity contribution is -0.384. The van der Waals surface area contributed by atoms with Crippen LogP contribution in [-0.4, -0.2) is 41.2 Å². The highest BCUT2D eigenvalue weighted by atomic mass is 16.6. The average molecular weight is 293 g/mol. The van der Waals surface area contributed by atoms with E-state index in [1.807, 2.05) is 13.0 Å². The Labute approximate surface area is 124 Å². The van der Waals surface area contributed by atoms with Crippen molar-refractivity contribution >= 4 is 11.4 Å². The summed E-state index contributed by atoms with van der Waals surface area (Å²) < 4.78 is 0. The Morgan fingerprint density at radius 1 is 1.48 bits per heavy atom. The van der Waals surface area contributed by atoms with E-state index in [0.29, 0.717) is 11.6 Å². The van der Waals surface area contributed by atoms with Gasteiger partial charge in [0.25, 0.3) is 5.69 Å². The number of nitrogens with one attached hydrogen (secondary N) is 1. The molecule has 2 rings (SSSR count). The van der Waals surface area contributed by atoms with E-state index < -0.39 is 0 Å². The van der Waals surface area contributed by atoms with Crippen molar-refractivity contribution in [3.05, 3.63) is 33.9 Å². The lowest BCUT2D eigenvalue weighted by Gasteiger charge is -2.33. The fourth-order valence-electron chi connectivity index (χ4n) is 2.89. The molecule has 6 nitrogen and oxygen atoms in total. The van der Waals surface area contributed by atoms with Crippen LogP contribution in [0.25, 0.3) is 0 Å². The van der Waals surface area contributed by atoms with Gasteiger partial charge < -0.3 is 10.4 Å². The van der Waals surface area contributed by atoms with E-state index in [0.717, 1.165) is 38.0 Å². The van der Waals surface area contributed by atoms with Crippen molar-refractivity contribution in [2.24, 2.45) is 5.92 Å². The molecule has 0 bridgehead atoms. The third-order valence-electron chi connectivity index (χ3n) is 4.25.